The molecule has 7 heteroatoms. The minimum Gasteiger partial charge on any atom is -0.311 e. The molecule has 0 spiro atoms. The molecule has 0 fully saturated rings. The molecule has 0 saturated heterocycles. The lowest BCUT2D eigenvalue weighted by molar-refractivity contribution is 0.568. The average Bonchev–Trinajstić information content (AvgIpc) is 2.79. The van der Waals surface area contributed by atoms with Crippen LogP contribution in [0, 0.1) is 11.6 Å². The van der Waals surface area contributed by atoms with E-state index >= 15 is 0 Å². The third kappa shape index (κ3) is 2.73. The first-order valence-corrected chi connectivity index (χ1v) is 6.18. The molecule has 0 aliphatic heterocycles. The smallest absolute Gasteiger partial charge is 0.151 e. The fourth-order valence-electron chi connectivity index (χ4n) is 1.44. The van der Waals surface area contributed by atoms with Crippen molar-refractivity contribution in [1.82, 2.24) is 20.3 Å². The van der Waals surface area contributed by atoms with E-state index in [1.54, 1.807) is 6.20 Å². The Morgan fingerprint density at radius 3 is 2.83 bits per heavy atom. The highest BCUT2D eigenvalue weighted by Crippen LogP contribution is 2.22. The predicted octanol–water partition coefficient (Wildman–Crippen LogP) is 2.42. The first-order valence-electron chi connectivity index (χ1n) is 5.38. The first-order chi connectivity index (χ1) is 8.61. The van der Waals surface area contributed by atoms with Gasteiger partial charge in [0.2, 0.25) is 0 Å². The Morgan fingerprint density at radius 1 is 1.33 bits per heavy atom. The maximum absolute atomic E-state index is 13.6. The molecule has 2 rings (SSSR count). The molecule has 2 aromatic rings. The van der Waals surface area contributed by atoms with Crippen LogP contribution in [0.1, 0.15) is 12.6 Å². The largest absolute Gasteiger partial charge is 0.311 e. The molecule has 0 saturated carbocycles. The van der Waals surface area contributed by atoms with Gasteiger partial charge in [0.1, 0.15) is 11.5 Å². The van der Waals surface area contributed by atoms with E-state index in [0.717, 1.165) is 12.6 Å². The van der Waals surface area contributed by atoms with Gasteiger partial charge in [-0.1, -0.05) is 12.1 Å². The zero-order valence-electron chi connectivity index (χ0n) is 9.62. The number of nitrogens with zero attached hydrogens (tertiary/aromatic N) is 3. The average molecular weight is 317 g/mol. The molecule has 4 nitrogen and oxygen atoms in total. The summed E-state index contributed by atoms with van der Waals surface area (Å²) >= 11 is 3.01. The molecule has 0 unspecified atom stereocenters. The summed E-state index contributed by atoms with van der Waals surface area (Å²) in [6.45, 7) is 3.34. The minimum atomic E-state index is -0.685. The number of hydrogen-bond donors (Lipinski definition) is 1. The van der Waals surface area contributed by atoms with Gasteiger partial charge in [0.15, 0.2) is 5.82 Å². The molecule has 0 radical (unpaired) electrons. The monoisotopic (exact) mass is 316 g/mol. The second kappa shape index (κ2) is 5.53. The van der Waals surface area contributed by atoms with Gasteiger partial charge in [-0.15, -0.1) is 5.10 Å². The van der Waals surface area contributed by atoms with E-state index in [9.17, 15) is 8.78 Å². The predicted molar refractivity (Wildman–Crippen MR) is 66.4 cm³/mol. The summed E-state index contributed by atoms with van der Waals surface area (Å²) in [5.41, 5.74) is 0.843. The summed E-state index contributed by atoms with van der Waals surface area (Å²) < 4.78 is 28.2. The fourth-order valence-corrected chi connectivity index (χ4v) is 1.77. The van der Waals surface area contributed by atoms with Crippen LogP contribution >= 0.6 is 15.9 Å². The zero-order chi connectivity index (χ0) is 13.1. The molecule has 96 valence electrons. The van der Waals surface area contributed by atoms with E-state index in [1.807, 2.05) is 6.92 Å². The van der Waals surface area contributed by atoms with Gasteiger partial charge in [0, 0.05) is 12.6 Å². The van der Waals surface area contributed by atoms with Crippen molar-refractivity contribution in [2.24, 2.45) is 0 Å². The van der Waals surface area contributed by atoms with Crippen molar-refractivity contribution in [3.05, 3.63) is 40.1 Å². The van der Waals surface area contributed by atoms with E-state index in [0.29, 0.717) is 12.2 Å². The van der Waals surface area contributed by atoms with Gasteiger partial charge in [-0.25, -0.2) is 13.5 Å². The zero-order valence-corrected chi connectivity index (χ0v) is 11.2. The Kier molecular flexibility index (Phi) is 4.03. The van der Waals surface area contributed by atoms with Gasteiger partial charge in [0.05, 0.1) is 16.4 Å². The van der Waals surface area contributed by atoms with Crippen LogP contribution in [0.3, 0.4) is 0 Å². The summed E-state index contributed by atoms with van der Waals surface area (Å²) in [4.78, 5) is 0. The van der Waals surface area contributed by atoms with Gasteiger partial charge in [0.25, 0.3) is 0 Å². The van der Waals surface area contributed by atoms with Crippen molar-refractivity contribution < 1.29 is 8.78 Å². The number of halogens is 3. The molecule has 0 aliphatic rings. The number of nitrogens with one attached hydrogen (secondary N) is 1. The highest BCUT2D eigenvalue weighted by Gasteiger charge is 2.11. The molecule has 1 N–H and O–H groups in total. The second-order valence-corrected chi connectivity index (χ2v) is 4.51. The summed E-state index contributed by atoms with van der Waals surface area (Å²) in [5, 5.41) is 10.8. The van der Waals surface area contributed by atoms with Crippen LogP contribution in [0.15, 0.2) is 22.8 Å². The second-order valence-electron chi connectivity index (χ2n) is 3.65. The molecule has 1 heterocycles. The van der Waals surface area contributed by atoms with E-state index < -0.39 is 11.6 Å². The number of hydrogen-bond acceptors (Lipinski definition) is 3. The lowest BCUT2D eigenvalue weighted by Crippen LogP contribution is -2.11. The first kappa shape index (κ1) is 13.1. The third-order valence-electron chi connectivity index (χ3n) is 2.33. The molecule has 0 aliphatic carbocycles. The Bertz CT molecular complexity index is 556. The van der Waals surface area contributed by atoms with Crippen molar-refractivity contribution in [2.45, 2.75) is 13.5 Å². The van der Waals surface area contributed by atoms with Gasteiger partial charge >= 0.3 is 0 Å². The highest BCUT2D eigenvalue weighted by atomic mass is 79.9. The maximum Gasteiger partial charge on any atom is 0.151 e. The van der Waals surface area contributed by atoms with Gasteiger partial charge in [-0.2, -0.15) is 0 Å². The van der Waals surface area contributed by atoms with Crippen LogP contribution < -0.4 is 5.32 Å². The van der Waals surface area contributed by atoms with Crippen LogP contribution in [0.5, 0.6) is 0 Å². The molecule has 1 aromatic carbocycles. The van der Waals surface area contributed by atoms with Crippen molar-refractivity contribution in [2.75, 3.05) is 6.54 Å². The normalized spacial score (nSPS) is 10.9. The van der Waals surface area contributed by atoms with Crippen LogP contribution in [-0.2, 0) is 6.54 Å². The van der Waals surface area contributed by atoms with Gasteiger partial charge < -0.3 is 5.32 Å². The molecule has 18 heavy (non-hydrogen) atoms. The summed E-state index contributed by atoms with van der Waals surface area (Å²) in [7, 11) is 0. The fraction of sp³-hybridized carbons (Fsp3) is 0.273. The highest BCUT2D eigenvalue weighted by molar-refractivity contribution is 9.10. The summed E-state index contributed by atoms with van der Waals surface area (Å²) in [5.74, 6) is -1.33. The van der Waals surface area contributed by atoms with Crippen LogP contribution in [-0.4, -0.2) is 21.5 Å². The molecular weight excluding hydrogens is 306 g/mol. The summed E-state index contributed by atoms with van der Waals surface area (Å²) in [6.07, 6.45) is 1.60. The Hall–Kier alpha value is -1.34. The van der Waals surface area contributed by atoms with E-state index in [2.05, 4.69) is 31.6 Å². The molecule has 0 amide bonds. The number of benzene rings is 1. The van der Waals surface area contributed by atoms with Crippen molar-refractivity contribution in [3.8, 4) is 5.69 Å². The lowest BCUT2D eigenvalue weighted by atomic mass is 10.3. The van der Waals surface area contributed by atoms with Crippen molar-refractivity contribution in [1.29, 1.82) is 0 Å². The third-order valence-corrected chi connectivity index (χ3v) is 2.94. The SMILES string of the molecule is CCNCc1cn(-c2cc(Br)c(F)cc2F)nn1. The molecular formula is C11H11BrF2N4. The van der Waals surface area contributed by atoms with Crippen molar-refractivity contribution in [3.63, 3.8) is 0 Å². The van der Waals surface area contributed by atoms with Crippen LogP contribution in [0.25, 0.3) is 5.69 Å². The lowest BCUT2D eigenvalue weighted by Gasteiger charge is -2.03. The maximum atomic E-state index is 13.6. The minimum absolute atomic E-state index is 0.151. The molecule has 0 bridgehead atoms. The topological polar surface area (TPSA) is 42.7 Å². The van der Waals surface area contributed by atoms with Gasteiger partial charge in [-0.05, 0) is 28.5 Å². The Balaban J connectivity index is 2.31. The molecule has 1 aromatic heterocycles. The van der Waals surface area contributed by atoms with E-state index in [1.165, 1.54) is 10.7 Å². The van der Waals surface area contributed by atoms with Gasteiger partial charge in [-0.3, -0.25) is 0 Å². The van der Waals surface area contributed by atoms with E-state index in [-0.39, 0.29) is 10.2 Å². The standard InChI is InChI=1S/C11H11BrF2N4/c1-2-15-5-7-6-18(17-16-7)11-3-8(12)9(13)4-10(11)14/h3-4,6,15H,2,5H2,1H3. The van der Waals surface area contributed by atoms with Crippen LogP contribution in [0.2, 0.25) is 0 Å². The van der Waals surface area contributed by atoms with E-state index in [4.69, 9.17) is 0 Å². The Labute approximate surface area is 111 Å². The quantitative estimate of drug-likeness (QED) is 0.881. The van der Waals surface area contributed by atoms with Crippen LogP contribution in [0.4, 0.5) is 8.78 Å². The summed E-state index contributed by atoms with van der Waals surface area (Å²) in [6, 6.07) is 2.14. The molecule has 0 atom stereocenters. The van der Waals surface area contributed by atoms with Crippen molar-refractivity contribution >= 4 is 15.9 Å². The number of aromatic nitrogens is 3. The Morgan fingerprint density at radius 2 is 2.11 bits per heavy atom. The number of rotatable bonds is 4.